The second-order valence-electron chi connectivity index (χ2n) is 6.62. The number of hydrogen-bond acceptors (Lipinski definition) is 5. The first-order chi connectivity index (χ1) is 13.9. The molecule has 2 aliphatic rings. The van der Waals surface area contributed by atoms with E-state index in [9.17, 15) is 14.4 Å². The zero-order chi connectivity index (χ0) is 21.0. The van der Waals surface area contributed by atoms with Gasteiger partial charge in [-0.05, 0) is 100.0 Å². The number of rotatable bonds is 6. The first-order valence-electron chi connectivity index (χ1n) is 9.16. The molecule has 0 saturated carbocycles. The summed E-state index contributed by atoms with van der Waals surface area (Å²) in [6, 6.07) is 3.79. The number of hydrogen-bond donors (Lipinski definition) is 0. The smallest absolute Gasteiger partial charge is 0.294 e. The van der Waals surface area contributed by atoms with Crippen molar-refractivity contribution in [1.82, 2.24) is 9.80 Å². The molecule has 0 atom stereocenters. The van der Waals surface area contributed by atoms with Crippen LogP contribution in [0.25, 0.3) is 6.08 Å². The van der Waals surface area contributed by atoms with Crippen molar-refractivity contribution in [3.05, 3.63) is 42.4 Å². The summed E-state index contributed by atoms with van der Waals surface area (Å²) in [6.07, 6.45) is 6.43. The van der Waals surface area contributed by atoms with Crippen molar-refractivity contribution >= 4 is 80.1 Å². The third-order valence-electron chi connectivity index (χ3n) is 4.54. The zero-order valence-corrected chi connectivity index (χ0v) is 20.8. The maximum Gasteiger partial charge on any atom is 0.294 e. The average molecular weight is 638 g/mol. The SMILES string of the molecule is C=CCOc1c(I)cc(/C=C2\SC(=O)N(CC(=O)N3CCCCC3)C2=O)cc1I. The van der Waals surface area contributed by atoms with Gasteiger partial charge in [0.1, 0.15) is 18.9 Å². The van der Waals surface area contributed by atoms with Crippen molar-refractivity contribution in [2.24, 2.45) is 0 Å². The molecule has 0 aliphatic carbocycles. The van der Waals surface area contributed by atoms with Gasteiger partial charge in [0.2, 0.25) is 5.91 Å². The predicted molar refractivity (Wildman–Crippen MR) is 131 cm³/mol. The largest absolute Gasteiger partial charge is 0.487 e. The van der Waals surface area contributed by atoms with Crippen molar-refractivity contribution < 1.29 is 19.1 Å². The zero-order valence-electron chi connectivity index (χ0n) is 15.7. The number of likely N-dealkylation sites (tertiary alicyclic amines) is 1. The van der Waals surface area contributed by atoms with Crippen molar-refractivity contribution in [3.63, 3.8) is 0 Å². The maximum absolute atomic E-state index is 12.7. The van der Waals surface area contributed by atoms with Crippen LogP contribution in [0.1, 0.15) is 24.8 Å². The molecular formula is C20H20I2N2O4S. The Labute approximate surface area is 201 Å². The quantitative estimate of drug-likeness (QED) is 0.261. The highest BCUT2D eigenvalue weighted by atomic mass is 127. The van der Waals surface area contributed by atoms with Crippen molar-refractivity contribution in [2.45, 2.75) is 19.3 Å². The highest BCUT2D eigenvalue weighted by Crippen LogP contribution is 2.34. The Morgan fingerprint density at radius 3 is 2.45 bits per heavy atom. The van der Waals surface area contributed by atoms with Crippen LogP contribution in [0, 0.1) is 7.14 Å². The summed E-state index contributed by atoms with van der Waals surface area (Å²) >= 11 is 5.23. The number of carbonyl (C=O) groups is 3. The highest BCUT2D eigenvalue weighted by Gasteiger charge is 2.37. The Balaban J connectivity index is 1.74. The highest BCUT2D eigenvalue weighted by molar-refractivity contribution is 14.1. The van der Waals surface area contributed by atoms with E-state index in [1.54, 1.807) is 17.1 Å². The molecule has 2 saturated heterocycles. The molecule has 1 aromatic carbocycles. The first kappa shape index (κ1) is 22.6. The molecule has 2 aliphatic heterocycles. The molecule has 3 rings (SSSR count). The lowest BCUT2D eigenvalue weighted by Gasteiger charge is -2.27. The number of imide groups is 1. The van der Waals surface area contributed by atoms with Gasteiger partial charge in [0.25, 0.3) is 11.1 Å². The van der Waals surface area contributed by atoms with Gasteiger partial charge in [-0.25, -0.2) is 0 Å². The van der Waals surface area contributed by atoms with E-state index in [4.69, 9.17) is 4.74 Å². The normalized spacial score (nSPS) is 18.5. The Hall–Kier alpha value is -1.08. The van der Waals surface area contributed by atoms with Crippen molar-refractivity contribution in [1.29, 1.82) is 0 Å². The van der Waals surface area contributed by atoms with E-state index in [1.807, 2.05) is 12.1 Å². The average Bonchev–Trinajstić information content (AvgIpc) is 2.95. The number of carbonyl (C=O) groups excluding carboxylic acids is 3. The minimum absolute atomic E-state index is 0.166. The summed E-state index contributed by atoms with van der Waals surface area (Å²) in [5.41, 5.74) is 0.803. The first-order valence-corrected chi connectivity index (χ1v) is 12.1. The van der Waals surface area contributed by atoms with E-state index in [0.717, 1.165) is 54.4 Å². The molecule has 0 N–H and O–H groups in total. The minimum Gasteiger partial charge on any atom is -0.487 e. The van der Waals surface area contributed by atoms with E-state index < -0.39 is 11.1 Å². The van der Waals surface area contributed by atoms with E-state index in [0.29, 0.717) is 24.6 Å². The monoisotopic (exact) mass is 638 g/mol. The number of thioether (sulfide) groups is 1. The van der Waals surface area contributed by atoms with Gasteiger partial charge in [-0.15, -0.1) is 0 Å². The lowest BCUT2D eigenvalue weighted by molar-refractivity contribution is -0.136. The lowest BCUT2D eigenvalue weighted by Crippen LogP contribution is -2.44. The van der Waals surface area contributed by atoms with Crippen LogP contribution in [-0.4, -0.2) is 53.1 Å². The number of benzene rings is 1. The molecule has 0 unspecified atom stereocenters. The lowest BCUT2D eigenvalue weighted by atomic mass is 10.1. The van der Waals surface area contributed by atoms with Crippen LogP contribution in [0.2, 0.25) is 0 Å². The van der Waals surface area contributed by atoms with Gasteiger partial charge in [-0.3, -0.25) is 19.3 Å². The van der Waals surface area contributed by atoms with E-state index in [1.165, 1.54) is 0 Å². The second-order valence-corrected chi connectivity index (χ2v) is 9.94. The summed E-state index contributed by atoms with van der Waals surface area (Å²) < 4.78 is 7.48. The summed E-state index contributed by atoms with van der Waals surface area (Å²) in [7, 11) is 0. The molecule has 0 aromatic heterocycles. The molecule has 2 heterocycles. The molecule has 0 radical (unpaired) electrons. The Bertz CT molecular complexity index is 858. The summed E-state index contributed by atoms with van der Waals surface area (Å²) in [5, 5.41) is -0.401. The van der Waals surface area contributed by atoms with Crippen LogP contribution in [-0.2, 0) is 9.59 Å². The number of nitrogens with zero attached hydrogens (tertiary/aromatic N) is 2. The molecule has 6 nitrogen and oxygen atoms in total. The summed E-state index contributed by atoms with van der Waals surface area (Å²) in [6.45, 7) is 5.27. The van der Waals surface area contributed by atoms with E-state index in [2.05, 4.69) is 51.8 Å². The van der Waals surface area contributed by atoms with Gasteiger partial charge in [-0.2, -0.15) is 0 Å². The second kappa shape index (κ2) is 10.3. The Morgan fingerprint density at radius 2 is 1.83 bits per heavy atom. The van der Waals surface area contributed by atoms with Gasteiger partial charge in [-0.1, -0.05) is 12.7 Å². The molecule has 1 aromatic rings. The van der Waals surface area contributed by atoms with Gasteiger partial charge in [0.05, 0.1) is 12.0 Å². The van der Waals surface area contributed by atoms with Crippen LogP contribution in [0.15, 0.2) is 29.7 Å². The Morgan fingerprint density at radius 1 is 1.17 bits per heavy atom. The fourth-order valence-corrected chi connectivity index (χ4v) is 6.08. The van der Waals surface area contributed by atoms with Crippen LogP contribution in [0.5, 0.6) is 5.75 Å². The van der Waals surface area contributed by atoms with Gasteiger partial charge in [0, 0.05) is 13.1 Å². The minimum atomic E-state index is -0.414. The van der Waals surface area contributed by atoms with Gasteiger partial charge >= 0.3 is 0 Å². The third-order valence-corrected chi connectivity index (χ3v) is 7.05. The Kier molecular flexibility index (Phi) is 8.02. The fraction of sp³-hybridized carbons (Fsp3) is 0.350. The molecule has 3 amide bonds. The molecule has 9 heteroatoms. The van der Waals surface area contributed by atoms with E-state index >= 15 is 0 Å². The topological polar surface area (TPSA) is 66.9 Å². The number of piperidine rings is 1. The molecular weight excluding hydrogens is 618 g/mol. The summed E-state index contributed by atoms with van der Waals surface area (Å²) in [5.74, 6) is 0.187. The molecule has 29 heavy (non-hydrogen) atoms. The maximum atomic E-state index is 12.7. The van der Waals surface area contributed by atoms with Gasteiger partial charge in [0.15, 0.2) is 0 Å². The van der Waals surface area contributed by atoms with Crippen molar-refractivity contribution in [3.8, 4) is 5.75 Å². The number of ether oxygens (including phenoxy) is 1. The van der Waals surface area contributed by atoms with Crippen LogP contribution in [0.3, 0.4) is 0 Å². The predicted octanol–water partition coefficient (Wildman–Crippen LogP) is 4.51. The fourth-order valence-electron chi connectivity index (χ4n) is 3.11. The standard InChI is InChI=1S/C20H20I2N2O4S/c1-2-8-28-18-14(21)9-13(10-15(18)22)11-16-19(26)24(20(27)29-16)12-17(25)23-6-4-3-5-7-23/h2,9-11H,1,3-8,12H2/b16-11-. The molecule has 2 fully saturated rings. The number of halogens is 2. The van der Waals surface area contributed by atoms with Crippen molar-refractivity contribution in [2.75, 3.05) is 26.2 Å². The van der Waals surface area contributed by atoms with Crippen LogP contribution in [0.4, 0.5) is 4.79 Å². The third kappa shape index (κ3) is 5.54. The van der Waals surface area contributed by atoms with Gasteiger partial charge < -0.3 is 9.64 Å². The molecule has 154 valence electrons. The van der Waals surface area contributed by atoms with Crippen LogP contribution < -0.4 is 4.74 Å². The van der Waals surface area contributed by atoms with Crippen LogP contribution >= 0.6 is 56.9 Å². The summed E-state index contributed by atoms with van der Waals surface area (Å²) in [4.78, 5) is 40.6. The number of amides is 3. The molecule has 0 spiro atoms. The van der Waals surface area contributed by atoms with E-state index in [-0.39, 0.29) is 12.5 Å². The molecule has 0 bridgehead atoms.